The predicted octanol–water partition coefficient (Wildman–Crippen LogP) is 3.89. The molecule has 164 valence electrons. The van der Waals surface area contributed by atoms with Gasteiger partial charge in [-0.3, -0.25) is 14.9 Å². The van der Waals surface area contributed by atoms with Crippen LogP contribution in [0.3, 0.4) is 0 Å². The molecular formula is C23H21N3O6. The van der Waals surface area contributed by atoms with Crippen molar-refractivity contribution in [3.05, 3.63) is 82.4 Å². The molecule has 32 heavy (non-hydrogen) atoms. The van der Waals surface area contributed by atoms with Crippen LogP contribution in [0.1, 0.15) is 12.5 Å². The first-order valence-electron chi connectivity index (χ1n) is 9.59. The van der Waals surface area contributed by atoms with Crippen molar-refractivity contribution < 1.29 is 24.3 Å². The Morgan fingerprint density at radius 2 is 1.78 bits per heavy atom. The van der Waals surface area contributed by atoms with E-state index in [9.17, 15) is 20.0 Å². The summed E-state index contributed by atoms with van der Waals surface area (Å²) in [5.41, 5.74) is 4.15. The highest BCUT2D eigenvalue weighted by molar-refractivity contribution is 5.86. The Bertz CT molecular complexity index is 1130. The maximum absolute atomic E-state index is 12.3. The number of ether oxygens (including phenoxy) is 2. The van der Waals surface area contributed by atoms with Gasteiger partial charge in [-0.1, -0.05) is 42.5 Å². The number of benzene rings is 3. The van der Waals surface area contributed by atoms with E-state index in [-0.39, 0.29) is 11.3 Å². The summed E-state index contributed by atoms with van der Waals surface area (Å²) in [6.07, 6.45) is 0.368. The first-order chi connectivity index (χ1) is 15.4. The lowest BCUT2D eigenvalue weighted by Gasteiger charge is -2.13. The summed E-state index contributed by atoms with van der Waals surface area (Å²) in [4.78, 5) is 22.6. The van der Waals surface area contributed by atoms with E-state index < -0.39 is 28.4 Å². The van der Waals surface area contributed by atoms with Crippen molar-refractivity contribution in [2.75, 3.05) is 7.11 Å². The van der Waals surface area contributed by atoms with Gasteiger partial charge in [0.15, 0.2) is 11.9 Å². The van der Waals surface area contributed by atoms with E-state index in [1.807, 2.05) is 42.5 Å². The third-order valence-electron chi connectivity index (χ3n) is 4.53. The lowest BCUT2D eigenvalue weighted by molar-refractivity contribution is -0.386. The Hall–Kier alpha value is -4.40. The van der Waals surface area contributed by atoms with Gasteiger partial charge in [0.2, 0.25) is 5.75 Å². The van der Waals surface area contributed by atoms with Gasteiger partial charge < -0.3 is 14.6 Å². The number of carbonyl (C=O) groups excluding carboxylic acids is 1. The standard InChI is InChI=1S/C23H21N3O6/c1-15(32-19-10-8-18(9-11-19)17-6-4-3-5-7-17)23(28)25-24-14-16-12-20(26(29)30)22(27)21(13-16)31-2/h3-15,27H,1-2H3,(H,25,28)/b24-14+. The number of hydrazone groups is 1. The van der Waals surface area contributed by atoms with Crippen LogP contribution in [0.2, 0.25) is 0 Å². The molecule has 0 radical (unpaired) electrons. The maximum Gasteiger partial charge on any atom is 0.315 e. The molecule has 9 heteroatoms. The third-order valence-corrected chi connectivity index (χ3v) is 4.53. The summed E-state index contributed by atoms with van der Waals surface area (Å²) >= 11 is 0. The number of carbonyl (C=O) groups is 1. The molecule has 0 saturated carbocycles. The van der Waals surface area contributed by atoms with Crippen molar-refractivity contribution in [1.29, 1.82) is 0 Å². The Morgan fingerprint density at radius 3 is 2.41 bits per heavy atom. The monoisotopic (exact) mass is 435 g/mol. The van der Waals surface area contributed by atoms with Crippen LogP contribution in [-0.2, 0) is 4.79 Å². The highest BCUT2D eigenvalue weighted by atomic mass is 16.6. The van der Waals surface area contributed by atoms with E-state index in [1.54, 1.807) is 19.1 Å². The molecule has 0 spiro atoms. The van der Waals surface area contributed by atoms with Crippen molar-refractivity contribution >= 4 is 17.8 Å². The van der Waals surface area contributed by atoms with Gasteiger partial charge in [-0.05, 0) is 36.2 Å². The van der Waals surface area contributed by atoms with Crippen molar-refractivity contribution in [2.24, 2.45) is 5.10 Å². The van der Waals surface area contributed by atoms with Crippen LogP contribution in [0.25, 0.3) is 11.1 Å². The molecule has 3 rings (SSSR count). The number of aromatic hydroxyl groups is 1. The molecule has 3 aromatic carbocycles. The molecule has 1 atom stereocenters. The predicted molar refractivity (Wildman–Crippen MR) is 119 cm³/mol. The fourth-order valence-corrected chi connectivity index (χ4v) is 2.86. The van der Waals surface area contributed by atoms with Crippen LogP contribution >= 0.6 is 0 Å². The Labute approximate surface area is 184 Å². The Kier molecular flexibility index (Phi) is 7.02. The summed E-state index contributed by atoms with van der Waals surface area (Å²) in [7, 11) is 1.27. The minimum absolute atomic E-state index is 0.0809. The number of nitrogens with zero attached hydrogens (tertiary/aromatic N) is 2. The highest BCUT2D eigenvalue weighted by Crippen LogP contribution is 2.36. The third kappa shape index (κ3) is 5.39. The van der Waals surface area contributed by atoms with Crippen LogP contribution in [0.4, 0.5) is 5.69 Å². The van der Waals surface area contributed by atoms with Gasteiger partial charge in [-0.2, -0.15) is 5.10 Å². The smallest absolute Gasteiger partial charge is 0.315 e. The van der Waals surface area contributed by atoms with Crippen LogP contribution < -0.4 is 14.9 Å². The quantitative estimate of drug-likeness (QED) is 0.314. The van der Waals surface area contributed by atoms with Gasteiger partial charge in [0.1, 0.15) is 5.75 Å². The van der Waals surface area contributed by atoms with Gasteiger partial charge in [-0.15, -0.1) is 0 Å². The van der Waals surface area contributed by atoms with E-state index in [4.69, 9.17) is 9.47 Å². The van der Waals surface area contributed by atoms with Gasteiger partial charge in [0, 0.05) is 11.6 Å². The number of nitro groups is 1. The second kappa shape index (κ2) is 10.1. The van der Waals surface area contributed by atoms with Crippen molar-refractivity contribution in [2.45, 2.75) is 13.0 Å². The summed E-state index contributed by atoms with van der Waals surface area (Å²) < 4.78 is 10.6. The topological polar surface area (TPSA) is 123 Å². The molecule has 0 saturated heterocycles. The zero-order valence-electron chi connectivity index (χ0n) is 17.4. The number of methoxy groups -OCH3 is 1. The van der Waals surface area contributed by atoms with E-state index in [2.05, 4.69) is 10.5 Å². The second-order valence-corrected chi connectivity index (χ2v) is 6.73. The maximum atomic E-state index is 12.3. The molecule has 9 nitrogen and oxygen atoms in total. The summed E-state index contributed by atoms with van der Waals surface area (Å²) in [6.45, 7) is 1.57. The number of nitrogens with one attached hydrogen (secondary N) is 1. The lowest BCUT2D eigenvalue weighted by Crippen LogP contribution is -2.33. The molecule has 1 unspecified atom stereocenters. The van der Waals surface area contributed by atoms with E-state index >= 15 is 0 Å². The average Bonchev–Trinajstić information content (AvgIpc) is 2.80. The molecule has 0 aliphatic rings. The Morgan fingerprint density at radius 1 is 1.12 bits per heavy atom. The first kappa shape index (κ1) is 22.3. The minimum Gasteiger partial charge on any atom is -0.500 e. The summed E-state index contributed by atoms with van der Waals surface area (Å²) in [5.74, 6) is -0.648. The molecule has 0 aliphatic heterocycles. The molecule has 3 aromatic rings. The van der Waals surface area contributed by atoms with Crippen LogP contribution in [0.15, 0.2) is 71.8 Å². The van der Waals surface area contributed by atoms with Crippen LogP contribution in [0.5, 0.6) is 17.2 Å². The zero-order chi connectivity index (χ0) is 23.1. The molecule has 0 fully saturated rings. The molecule has 0 aliphatic carbocycles. The van der Waals surface area contributed by atoms with Gasteiger partial charge in [0.25, 0.3) is 5.91 Å². The number of nitro benzene ring substituents is 1. The van der Waals surface area contributed by atoms with Crippen LogP contribution in [-0.4, -0.2) is 35.4 Å². The van der Waals surface area contributed by atoms with E-state index in [1.165, 1.54) is 19.4 Å². The molecule has 0 heterocycles. The number of phenols is 1. The van der Waals surface area contributed by atoms with Crippen LogP contribution in [0, 0.1) is 10.1 Å². The Balaban J connectivity index is 1.61. The number of phenolic OH excluding ortho intramolecular Hbond substituents is 1. The van der Waals surface area contributed by atoms with E-state index in [0.29, 0.717) is 5.75 Å². The van der Waals surface area contributed by atoms with Crippen molar-refractivity contribution in [3.8, 4) is 28.4 Å². The molecule has 2 N–H and O–H groups in total. The largest absolute Gasteiger partial charge is 0.500 e. The van der Waals surface area contributed by atoms with E-state index in [0.717, 1.165) is 17.2 Å². The number of amides is 1. The lowest BCUT2D eigenvalue weighted by atomic mass is 10.1. The summed E-state index contributed by atoms with van der Waals surface area (Å²) in [5, 5.41) is 24.6. The van der Waals surface area contributed by atoms with Gasteiger partial charge in [-0.25, -0.2) is 5.43 Å². The van der Waals surface area contributed by atoms with Crippen molar-refractivity contribution in [1.82, 2.24) is 5.43 Å². The number of hydrogen-bond donors (Lipinski definition) is 2. The minimum atomic E-state index is -0.835. The molecular weight excluding hydrogens is 414 g/mol. The van der Waals surface area contributed by atoms with Crippen molar-refractivity contribution in [3.63, 3.8) is 0 Å². The van der Waals surface area contributed by atoms with Gasteiger partial charge >= 0.3 is 5.69 Å². The number of rotatable bonds is 8. The SMILES string of the molecule is COc1cc(/C=N/NC(=O)C(C)Oc2ccc(-c3ccccc3)cc2)cc([N+](=O)[O-])c1O. The average molecular weight is 435 g/mol. The van der Waals surface area contributed by atoms with Gasteiger partial charge in [0.05, 0.1) is 18.2 Å². The summed E-state index contributed by atoms with van der Waals surface area (Å²) in [6, 6.07) is 19.7. The molecule has 0 aromatic heterocycles. The first-order valence-corrected chi connectivity index (χ1v) is 9.59. The fourth-order valence-electron chi connectivity index (χ4n) is 2.86. The normalized spacial score (nSPS) is 11.7. The highest BCUT2D eigenvalue weighted by Gasteiger charge is 2.19. The molecule has 1 amide bonds. The fraction of sp³-hybridized carbons (Fsp3) is 0.130. The number of hydrogen-bond acceptors (Lipinski definition) is 7. The second-order valence-electron chi connectivity index (χ2n) is 6.73. The zero-order valence-corrected chi connectivity index (χ0v) is 17.4. The molecule has 0 bridgehead atoms.